The second-order valence-electron chi connectivity index (χ2n) is 7.32. The average molecular weight is 435 g/mol. The quantitative estimate of drug-likeness (QED) is 0.578. The van der Waals surface area contributed by atoms with Crippen LogP contribution in [0.5, 0.6) is 0 Å². The fourth-order valence-electron chi connectivity index (χ4n) is 3.48. The lowest BCUT2D eigenvalue weighted by Gasteiger charge is -2.31. The monoisotopic (exact) mass is 434 g/mol. The molecule has 2 amide bonds. The van der Waals surface area contributed by atoms with Crippen LogP contribution in [0.2, 0.25) is 0 Å². The minimum Gasteiger partial charge on any atom is -0.330 e. The van der Waals surface area contributed by atoms with Gasteiger partial charge in [-0.05, 0) is 61.2 Å². The summed E-state index contributed by atoms with van der Waals surface area (Å²) in [6.45, 7) is 1.60. The number of urea groups is 1. The van der Waals surface area contributed by atoms with Crippen molar-refractivity contribution in [3.8, 4) is 0 Å². The van der Waals surface area contributed by atoms with Crippen molar-refractivity contribution in [2.24, 2.45) is 5.73 Å². The van der Waals surface area contributed by atoms with Crippen LogP contribution in [0.25, 0.3) is 0 Å². The first-order valence-electron chi connectivity index (χ1n) is 9.95. The van der Waals surface area contributed by atoms with Crippen molar-refractivity contribution in [2.45, 2.75) is 36.0 Å². The predicted octanol–water partition coefficient (Wildman–Crippen LogP) is 1.98. The Labute approximate surface area is 176 Å². The van der Waals surface area contributed by atoms with E-state index in [0.717, 1.165) is 11.1 Å². The maximum absolute atomic E-state index is 12.9. The summed E-state index contributed by atoms with van der Waals surface area (Å²) < 4.78 is 38.7. The Morgan fingerprint density at radius 3 is 2.23 bits per heavy atom. The number of hydrogen-bond donors (Lipinski definition) is 3. The van der Waals surface area contributed by atoms with Gasteiger partial charge in [-0.25, -0.2) is 23.0 Å². The largest absolute Gasteiger partial charge is 0.331 e. The van der Waals surface area contributed by atoms with E-state index in [1.165, 1.54) is 12.1 Å². The number of amides is 2. The Kier molecular flexibility index (Phi) is 7.41. The van der Waals surface area contributed by atoms with E-state index in [-0.39, 0.29) is 11.8 Å². The molecule has 9 heteroatoms. The van der Waals surface area contributed by atoms with Gasteiger partial charge in [0.05, 0.1) is 10.1 Å². The van der Waals surface area contributed by atoms with Gasteiger partial charge < -0.3 is 10.6 Å². The van der Waals surface area contributed by atoms with Gasteiger partial charge in [0.1, 0.15) is 5.82 Å². The Hall–Kier alpha value is -2.49. The van der Waals surface area contributed by atoms with Crippen molar-refractivity contribution in [3.63, 3.8) is 0 Å². The summed E-state index contributed by atoms with van der Waals surface area (Å²) in [5.74, 6) is -0.313. The third kappa shape index (κ3) is 5.56. The Balaban J connectivity index is 1.48. The lowest BCUT2D eigenvalue weighted by atomic mass is 10.1. The van der Waals surface area contributed by atoms with E-state index in [9.17, 15) is 17.6 Å². The molecule has 0 bridgehead atoms. The van der Waals surface area contributed by atoms with Crippen LogP contribution in [0.1, 0.15) is 24.0 Å². The third-order valence-electron chi connectivity index (χ3n) is 5.25. The third-order valence-corrected chi connectivity index (χ3v) is 7.53. The molecule has 1 saturated heterocycles. The summed E-state index contributed by atoms with van der Waals surface area (Å²) in [4.78, 5) is 14.2. The van der Waals surface area contributed by atoms with E-state index in [4.69, 9.17) is 5.73 Å². The standard InChI is InChI=1S/C21H27FN4O3S/c22-18-5-1-17(2-6-18)15-24-25-21(27)26-13-10-20(11-14-26)30(28,29)19-7-3-16(4-8-19)9-12-23/h1-8,20,24H,9-15,23H2,(H,25,27). The zero-order valence-electron chi connectivity index (χ0n) is 16.7. The first-order chi connectivity index (χ1) is 14.4. The molecule has 1 aliphatic heterocycles. The summed E-state index contributed by atoms with van der Waals surface area (Å²) in [6.07, 6.45) is 1.49. The lowest BCUT2D eigenvalue weighted by molar-refractivity contribution is 0.182. The van der Waals surface area contributed by atoms with Gasteiger partial charge >= 0.3 is 6.03 Å². The van der Waals surface area contributed by atoms with Crippen molar-refractivity contribution in [1.29, 1.82) is 0 Å². The van der Waals surface area contributed by atoms with Gasteiger partial charge in [-0.1, -0.05) is 24.3 Å². The minimum atomic E-state index is -3.44. The Bertz CT molecular complexity index is 941. The summed E-state index contributed by atoms with van der Waals surface area (Å²) in [5, 5.41) is -0.505. The lowest BCUT2D eigenvalue weighted by Crippen LogP contribution is -2.50. The molecule has 0 spiro atoms. The van der Waals surface area contributed by atoms with E-state index in [1.54, 1.807) is 41.3 Å². The molecule has 4 N–H and O–H groups in total. The molecule has 0 aromatic heterocycles. The number of sulfone groups is 1. The normalized spacial score (nSPS) is 15.2. The maximum atomic E-state index is 12.9. The van der Waals surface area contributed by atoms with E-state index in [1.807, 2.05) is 0 Å². The molecule has 1 fully saturated rings. The average Bonchev–Trinajstić information content (AvgIpc) is 2.76. The summed E-state index contributed by atoms with van der Waals surface area (Å²) in [5.41, 5.74) is 12.8. The van der Waals surface area contributed by atoms with Crippen molar-refractivity contribution >= 4 is 15.9 Å². The van der Waals surface area contributed by atoms with Crippen LogP contribution in [0.4, 0.5) is 9.18 Å². The van der Waals surface area contributed by atoms with Crippen LogP contribution in [0.15, 0.2) is 53.4 Å². The number of hydrazine groups is 1. The highest BCUT2D eigenvalue weighted by Crippen LogP contribution is 2.25. The van der Waals surface area contributed by atoms with Gasteiger partial charge in [0.25, 0.3) is 0 Å². The second kappa shape index (κ2) is 10.0. The first-order valence-corrected chi connectivity index (χ1v) is 11.5. The number of halogens is 1. The predicted molar refractivity (Wildman–Crippen MR) is 113 cm³/mol. The number of carbonyl (C=O) groups excluding carboxylic acids is 1. The van der Waals surface area contributed by atoms with Crippen LogP contribution in [0.3, 0.4) is 0 Å². The maximum Gasteiger partial charge on any atom is 0.331 e. The number of nitrogens with zero attached hydrogens (tertiary/aromatic N) is 1. The van der Waals surface area contributed by atoms with Gasteiger partial charge in [-0.15, -0.1) is 0 Å². The van der Waals surface area contributed by atoms with Crippen molar-refractivity contribution in [1.82, 2.24) is 15.8 Å². The van der Waals surface area contributed by atoms with E-state index in [2.05, 4.69) is 10.9 Å². The number of piperidine rings is 1. The number of hydrogen-bond acceptors (Lipinski definition) is 5. The molecular weight excluding hydrogens is 407 g/mol. The Morgan fingerprint density at radius 2 is 1.63 bits per heavy atom. The molecule has 1 aliphatic rings. The van der Waals surface area contributed by atoms with Gasteiger partial charge in [-0.3, -0.25) is 5.43 Å². The van der Waals surface area contributed by atoms with Crippen molar-refractivity contribution in [2.75, 3.05) is 19.6 Å². The van der Waals surface area contributed by atoms with Gasteiger partial charge in [0.15, 0.2) is 9.84 Å². The topological polar surface area (TPSA) is 105 Å². The highest BCUT2D eigenvalue weighted by Gasteiger charge is 2.32. The highest BCUT2D eigenvalue weighted by molar-refractivity contribution is 7.92. The summed E-state index contributed by atoms with van der Waals surface area (Å²) in [6, 6.07) is 12.5. The van der Waals surface area contributed by atoms with E-state index < -0.39 is 15.1 Å². The second-order valence-corrected chi connectivity index (χ2v) is 9.55. The number of likely N-dealkylation sites (tertiary alicyclic amines) is 1. The van der Waals surface area contributed by atoms with Crippen LogP contribution in [0, 0.1) is 5.82 Å². The van der Waals surface area contributed by atoms with E-state index in [0.29, 0.717) is 50.3 Å². The number of nitrogens with one attached hydrogen (secondary N) is 2. The molecule has 0 saturated carbocycles. The van der Waals surface area contributed by atoms with Crippen LogP contribution >= 0.6 is 0 Å². The van der Waals surface area contributed by atoms with Gasteiger partial charge in [0, 0.05) is 19.6 Å². The smallest absolute Gasteiger partial charge is 0.330 e. The zero-order chi connectivity index (χ0) is 21.6. The van der Waals surface area contributed by atoms with Crippen LogP contribution < -0.4 is 16.6 Å². The molecule has 0 atom stereocenters. The molecule has 0 unspecified atom stereocenters. The molecule has 2 aromatic rings. The number of nitrogens with two attached hydrogens (primary N) is 1. The van der Waals surface area contributed by atoms with Gasteiger partial charge in [-0.2, -0.15) is 0 Å². The number of rotatable bonds is 7. The molecule has 7 nitrogen and oxygen atoms in total. The molecule has 1 heterocycles. The zero-order valence-corrected chi connectivity index (χ0v) is 17.5. The minimum absolute atomic E-state index is 0.306. The number of benzene rings is 2. The molecule has 0 aliphatic carbocycles. The van der Waals surface area contributed by atoms with Crippen molar-refractivity contribution < 1.29 is 17.6 Å². The van der Waals surface area contributed by atoms with Gasteiger partial charge in [0.2, 0.25) is 0 Å². The molecular formula is C21H27FN4O3S. The van der Waals surface area contributed by atoms with Crippen molar-refractivity contribution in [3.05, 3.63) is 65.5 Å². The van der Waals surface area contributed by atoms with Crippen LogP contribution in [-0.2, 0) is 22.8 Å². The SMILES string of the molecule is NCCc1ccc(S(=O)(=O)C2CCN(C(=O)NNCc3ccc(F)cc3)CC2)cc1. The highest BCUT2D eigenvalue weighted by atomic mass is 32.2. The molecule has 3 rings (SSSR count). The number of carbonyl (C=O) groups is 1. The molecule has 30 heavy (non-hydrogen) atoms. The molecule has 162 valence electrons. The van der Waals surface area contributed by atoms with Crippen LogP contribution in [-0.4, -0.2) is 44.2 Å². The fourth-order valence-corrected chi connectivity index (χ4v) is 5.21. The molecule has 2 aromatic carbocycles. The molecule has 0 radical (unpaired) electrons. The summed E-state index contributed by atoms with van der Waals surface area (Å²) in [7, 11) is -3.44. The van der Waals surface area contributed by atoms with E-state index >= 15 is 0 Å². The Morgan fingerprint density at radius 1 is 1.03 bits per heavy atom. The fraction of sp³-hybridized carbons (Fsp3) is 0.381. The summed E-state index contributed by atoms with van der Waals surface area (Å²) >= 11 is 0. The first kappa shape index (κ1) is 22.2.